The molecule has 0 bridgehead atoms. The number of rotatable bonds is 10. The van der Waals surface area contributed by atoms with Crippen molar-refractivity contribution < 1.29 is 5.11 Å². The van der Waals surface area contributed by atoms with Gasteiger partial charge < -0.3 is 5.11 Å². The van der Waals surface area contributed by atoms with E-state index >= 15 is 0 Å². The first kappa shape index (κ1) is 17.6. The molecule has 1 atom stereocenters. The van der Waals surface area contributed by atoms with E-state index in [9.17, 15) is 5.11 Å². The third-order valence-corrected chi connectivity index (χ3v) is 4.58. The zero-order valence-corrected chi connectivity index (χ0v) is 14.4. The molecule has 1 unspecified atom stereocenters. The SMILES string of the molecule is CCCC(CCCCCc1ccc(O)cc1)Cc1ccccc1. The summed E-state index contributed by atoms with van der Waals surface area (Å²) in [5.74, 6) is 1.19. The molecule has 124 valence electrons. The summed E-state index contributed by atoms with van der Waals surface area (Å²) >= 11 is 0. The van der Waals surface area contributed by atoms with E-state index in [-0.39, 0.29) is 0 Å². The average molecular weight is 310 g/mol. The molecule has 0 spiro atoms. The third kappa shape index (κ3) is 6.90. The molecule has 0 saturated carbocycles. The van der Waals surface area contributed by atoms with Crippen LogP contribution in [0.4, 0.5) is 0 Å². The second kappa shape index (κ2) is 10.1. The Kier molecular flexibility index (Phi) is 7.72. The molecule has 0 aliphatic heterocycles. The molecule has 0 radical (unpaired) electrons. The van der Waals surface area contributed by atoms with Gasteiger partial charge in [0.15, 0.2) is 0 Å². The van der Waals surface area contributed by atoms with Crippen LogP contribution in [0, 0.1) is 5.92 Å². The van der Waals surface area contributed by atoms with Crippen LogP contribution < -0.4 is 0 Å². The van der Waals surface area contributed by atoms with Crippen LogP contribution >= 0.6 is 0 Å². The van der Waals surface area contributed by atoms with Gasteiger partial charge in [-0.3, -0.25) is 0 Å². The normalized spacial score (nSPS) is 12.2. The van der Waals surface area contributed by atoms with Crippen LogP contribution in [-0.2, 0) is 12.8 Å². The summed E-state index contributed by atoms with van der Waals surface area (Å²) in [4.78, 5) is 0. The van der Waals surface area contributed by atoms with Gasteiger partial charge in [0.2, 0.25) is 0 Å². The molecule has 1 nitrogen and oxygen atoms in total. The maximum absolute atomic E-state index is 9.30. The number of aryl methyl sites for hydroxylation is 1. The maximum Gasteiger partial charge on any atom is 0.115 e. The summed E-state index contributed by atoms with van der Waals surface area (Å²) in [6.45, 7) is 2.29. The van der Waals surface area contributed by atoms with Crippen molar-refractivity contribution in [2.24, 2.45) is 5.92 Å². The lowest BCUT2D eigenvalue weighted by molar-refractivity contribution is 0.420. The Hall–Kier alpha value is -1.76. The molecule has 1 N–H and O–H groups in total. The molecular formula is C22H30O. The Morgan fingerprint density at radius 1 is 0.783 bits per heavy atom. The fraction of sp³-hybridized carbons (Fsp3) is 0.455. The molecular weight excluding hydrogens is 280 g/mol. The van der Waals surface area contributed by atoms with Gasteiger partial charge in [-0.1, -0.05) is 81.5 Å². The molecule has 0 heterocycles. The smallest absolute Gasteiger partial charge is 0.115 e. The third-order valence-electron chi connectivity index (χ3n) is 4.58. The van der Waals surface area contributed by atoms with E-state index in [2.05, 4.69) is 37.3 Å². The second-order valence-electron chi connectivity index (χ2n) is 6.61. The van der Waals surface area contributed by atoms with E-state index in [0.717, 1.165) is 12.3 Å². The quantitative estimate of drug-likeness (QED) is 0.521. The Bertz CT molecular complexity index is 530. The van der Waals surface area contributed by atoms with Crippen LogP contribution in [0.2, 0.25) is 0 Å². The number of phenols is 1. The highest BCUT2D eigenvalue weighted by Crippen LogP contribution is 2.21. The highest BCUT2D eigenvalue weighted by Gasteiger charge is 2.08. The Balaban J connectivity index is 1.66. The number of unbranched alkanes of at least 4 members (excludes halogenated alkanes) is 2. The minimum Gasteiger partial charge on any atom is -0.508 e. The molecule has 0 aromatic heterocycles. The van der Waals surface area contributed by atoms with Gasteiger partial charge in [0.05, 0.1) is 0 Å². The lowest BCUT2D eigenvalue weighted by Gasteiger charge is -2.16. The summed E-state index contributed by atoms with van der Waals surface area (Å²) in [6.07, 6.45) is 10.2. The zero-order valence-electron chi connectivity index (χ0n) is 14.4. The van der Waals surface area contributed by atoms with Crippen molar-refractivity contribution in [2.75, 3.05) is 0 Å². The van der Waals surface area contributed by atoms with Crippen molar-refractivity contribution in [2.45, 2.75) is 58.3 Å². The van der Waals surface area contributed by atoms with Crippen molar-refractivity contribution in [3.05, 3.63) is 65.7 Å². The van der Waals surface area contributed by atoms with Crippen LogP contribution in [-0.4, -0.2) is 5.11 Å². The lowest BCUT2D eigenvalue weighted by Crippen LogP contribution is -2.04. The van der Waals surface area contributed by atoms with Crippen molar-refractivity contribution >= 4 is 0 Å². The van der Waals surface area contributed by atoms with E-state index in [1.54, 1.807) is 12.1 Å². The van der Waals surface area contributed by atoms with Crippen molar-refractivity contribution in [3.63, 3.8) is 0 Å². The summed E-state index contributed by atoms with van der Waals surface area (Å²) in [6, 6.07) is 18.5. The number of benzene rings is 2. The second-order valence-corrected chi connectivity index (χ2v) is 6.61. The molecule has 0 aliphatic rings. The molecule has 23 heavy (non-hydrogen) atoms. The molecule has 2 aromatic rings. The minimum absolute atomic E-state index is 0.358. The summed E-state index contributed by atoms with van der Waals surface area (Å²) in [5.41, 5.74) is 2.81. The minimum atomic E-state index is 0.358. The summed E-state index contributed by atoms with van der Waals surface area (Å²) < 4.78 is 0. The van der Waals surface area contributed by atoms with Gasteiger partial charge in [-0.05, 0) is 48.4 Å². The number of hydrogen-bond acceptors (Lipinski definition) is 1. The first-order chi connectivity index (χ1) is 11.3. The van der Waals surface area contributed by atoms with Crippen molar-refractivity contribution in [3.8, 4) is 5.75 Å². The first-order valence-electron chi connectivity index (χ1n) is 9.09. The lowest BCUT2D eigenvalue weighted by atomic mass is 9.90. The largest absolute Gasteiger partial charge is 0.508 e. The van der Waals surface area contributed by atoms with Crippen LogP contribution in [0.1, 0.15) is 56.6 Å². The highest BCUT2D eigenvalue weighted by atomic mass is 16.3. The Labute approximate surface area is 141 Å². The Morgan fingerprint density at radius 2 is 1.52 bits per heavy atom. The van der Waals surface area contributed by atoms with E-state index in [1.807, 2.05) is 12.1 Å². The molecule has 2 aromatic carbocycles. The van der Waals surface area contributed by atoms with Crippen LogP contribution in [0.5, 0.6) is 5.75 Å². The Morgan fingerprint density at radius 3 is 2.22 bits per heavy atom. The average Bonchev–Trinajstić information content (AvgIpc) is 2.57. The maximum atomic E-state index is 9.30. The van der Waals surface area contributed by atoms with Gasteiger partial charge in [0, 0.05) is 0 Å². The standard InChI is InChI=1S/C22H30O/c1-2-9-20(18-21-12-7-4-8-13-21)11-6-3-5-10-19-14-16-22(23)17-15-19/h4,7-8,12-17,20,23H,2-3,5-6,9-11,18H2,1H3. The monoisotopic (exact) mass is 310 g/mol. The van der Waals surface area contributed by atoms with E-state index in [1.165, 1.54) is 56.1 Å². The number of phenolic OH excluding ortho intramolecular Hbond substituents is 1. The highest BCUT2D eigenvalue weighted by molar-refractivity contribution is 5.25. The van der Waals surface area contributed by atoms with Gasteiger partial charge in [-0.15, -0.1) is 0 Å². The van der Waals surface area contributed by atoms with E-state index in [4.69, 9.17) is 0 Å². The molecule has 1 heteroatoms. The van der Waals surface area contributed by atoms with Crippen LogP contribution in [0.25, 0.3) is 0 Å². The van der Waals surface area contributed by atoms with Crippen LogP contribution in [0.3, 0.4) is 0 Å². The molecule has 0 saturated heterocycles. The van der Waals surface area contributed by atoms with Crippen LogP contribution in [0.15, 0.2) is 54.6 Å². The molecule has 0 amide bonds. The van der Waals surface area contributed by atoms with Crippen molar-refractivity contribution in [1.82, 2.24) is 0 Å². The van der Waals surface area contributed by atoms with Gasteiger partial charge in [-0.2, -0.15) is 0 Å². The number of aromatic hydroxyl groups is 1. The van der Waals surface area contributed by atoms with Gasteiger partial charge in [0.1, 0.15) is 5.75 Å². The first-order valence-corrected chi connectivity index (χ1v) is 9.09. The molecule has 2 rings (SSSR count). The van der Waals surface area contributed by atoms with Gasteiger partial charge in [-0.25, -0.2) is 0 Å². The topological polar surface area (TPSA) is 20.2 Å². The van der Waals surface area contributed by atoms with Crippen molar-refractivity contribution in [1.29, 1.82) is 0 Å². The summed E-state index contributed by atoms with van der Waals surface area (Å²) in [7, 11) is 0. The predicted molar refractivity (Wildman–Crippen MR) is 98.8 cm³/mol. The zero-order chi connectivity index (χ0) is 16.3. The fourth-order valence-corrected chi connectivity index (χ4v) is 3.31. The van der Waals surface area contributed by atoms with E-state index in [0.29, 0.717) is 5.75 Å². The molecule has 0 aliphatic carbocycles. The van der Waals surface area contributed by atoms with Gasteiger partial charge in [0.25, 0.3) is 0 Å². The predicted octanol–water partition coefficient (Wildman–Crippen LogP) is 6.15. The van der Waals surface area contributed by atoms with Gasteiger partial charge >= 0.3 is 0 Å². The fourth-order valence-electron chi connectivity index (χ4n) is 3.31. The number of hydrogen-bond donors (Lipinski definition) is 1. The molecule has 0 fully saturated rings. The van der Waals surface area contributed by atoms with E-state index < -0.39 is 0 Å². The summed E-state index contributed by atoms with van der Waals surface area (Å²) in [5, 5.41) is 9.30.